The molecule has 1 aliphatic rings. The van der Waals surface area contributed by atoms with Crippen molar-refractivity contribution in [3.8, 4) is 0 Å². The Bertz CT molecular complexity index is 430. The molecule has 2 rings (SSSR count). The van der Waals surface area contributed by atoms with Gasteiger partial charge in [0.1, 0.15) is 4.32 Å². The van der Waals surface area contributed by atoms with E-state index in [9.17, 15) is 4.79 Å². The molecule has 1 N–H and O–H groups in total. The van der Waals surface area contributed by atoms with Crippen molar-refractivity contribution in [3.05, 3.63) is 30.3 Å². The number of nitrogens with zero attached hydrogens (tertiary/aromatic N) is 1. The minimum absolute atomic E-state index is 0.00411. The molecule has 1 aromatic rings. The molecule has 0 spiro atoms. The number of thioether (sulfide) groups is 1. The van der Waals surface area contributed by atoms with Crippen LogP contribution in [0.2, 0.25) is 0 Å². The summed E-state index contributed by atoms with van der Waals surface area (Å²) >= 11 is 6.82. The first-order chi connectivity index (χ1) is 9.25. The van der Waals surface area contributed by atoms with Crippen LogP contribution in [-0.2, 0) is 4.79 Å². The molecule has 1 heterocycles. The number of piperidine rings is 1. The van der Waals surface area contributed by atoms with Crippen LogP contribution < -0.4 is 5.32 Å². The molecule has 0 atom stereocenters. The SMILES string of the molecule is O=C(CSC(=S)N1CCCCC1)Nc1ccccc1. The van der Waals surface area contributed by atoms with E-state index in [0.29, 0.717) is 5.75 Å². The fourth-order valence-electron chi connectivity index (χ4n) is 2.01. The van der Waals surface area contributed by atoms with E-state index in [2.05, 4.69) is 10.2 Å². The van der Waals surface area contributed by atoms with Crippen LogP contribution in [0.25, 0.3) is 0 Å². The normalized spacial score (nSPS) is 15.1. The van der Waals surface area contributed by atoms with Gasteiger partial charge in [0.2, 0.25) is 5.91 Å². The molecule has 0 radical (unpaired) electrons. The van der Waals surface area contributed by atoms with Gasteiger partial charge in [-0.15, -0.1) is 0 Å². The molecular formula is C14H18N2OS2. The average molecular weight is 294 g/mol. The zero-order chi connectivity index (χ0) is 13.5. The summed E-state index contributed by atoms with van der Waals surface area (Å²) in [4.78, 5) is 14.0. The van der Waals surface area contributed by atoms with Crippen molar-refractivity contribution in [3.63, 3.8) is 0 Å². The van der Waals surface area contributed by atoms with Crippen molar-refractivity contribution in [2.45, 2.75) is 19.3 Å². The van der Waals surface area contributed by atoms with E-state index in [4.69, 9.17) is 12.2 Å². The number of carbonyl (C=O) groups is 1. The van der Waals surface area contributed by atoms with Crippen molar-refractivity contribution in [2.75, 3.05) is 24.2 Å². The van der Waals surface area contributed by atoms with Crippen molar-refractivity contribution in [1.82, 2.24) is 4.90 Å². The van der Waals surface area contributed by atoms with Gasteiger partial charge in [-0.25, -0.2) is 0 Å². The van der Waals surface area contributed by atoms with Gasteiger partial charge in [-0.05, 0) is 31.4 Å². The van der Waals surface area contributed by atoms with Crippen LogP contribution >= 0.6 is 24.0 Å². The fraction of sp³-hybridized carbons (Fsp3) is 0.429. The van der Waals surface area contributed by atoms with Crippen LogP contribution in [0.3, 0.4) is 0 Å². The average Bonchev–Trinajstić information content (AvgIpc) is 2.47. The van der Waals surface area contributed by atoms with Crippen LogP contribution in [0, 0.1) is 0 Å². The highest BCUT2D eigenvalue weighted by molar-refractivity contribution is 8.23. The summed E-state index contributed by atoms with van der Waals surface area (Å²) < 4.78 is 0.850. The van der Waals surface area contributed by atoms with Gasteiger partial charge < -0.3 is 10.2 Å². The Morgan fingerprint density at radius 1 is 1.21 bits per heavy atom. The third-order valence-corrected chi connectivity index (χ3v) is 4.52. The lowest BCUT2D eigenvalue weighted by molar-refractivity contribution is -0.113. The summed E-state index contributed by atoms with van der Waals surface area (Å²) in [6.07, 6.45) is 3.70. The molecule has 0 aliphatic carbocycles. The number of likely N-dealkylation sites (tertiary alicyclic amines) is 1. The first-order valence-corrected chi connectivity index (χ1v) is 7.92. The molecule has 5 heteroatoms. The van der Waals surface area contributed by atoms with E-state index in [1.54, 1.807) is 0 Å². The molecule has 1 amide bonds. The molecule has 1 saturated heterocycles. The molecule has 1 aromatic carbocycles. The van der Waals surface area contributed by atoms with E-state index >= 15 is 0 Å². The van der Waals surface area contributed by atoms with Crippen LogP contribution in [0.1, 0.15) is 19.3 Å². The summed E-state index contributed by atoms with van der Waals surface area (Å²) in [5, 5.41) is 2.86. The minimum atomic E-state index is -0.00411. The van der Waals surface area contributed by atoms with Gasteiger partial charge in [-0.3, -0.25) is 4.79 Å². The van der Waals surface area contributed by atoms with Crippen molar-refractivity contribution < 1.29 is 4.79 Å². The van der Waals surface area contributed by atoms with Crippen molar-refractivity contribution in [1.29, 1.82) is 0 Å². The van der Waals surface area contributed by atoms with Gasteiger partial charge >= 0.3 is 0 Å². The monoisotopic (exact) mass is 294 g/mol. The Morgan fingerprint density at radius 2 is 1.89 bits per heavy atom. The predicted octanol–water partition coefficient (Wildman–Crippen LogP) is 3.13. The number of benzene rings is 1. The number of carbonyl (C=O) groups excluding carboxylic acids is 1. The second-order valence-electron chi connectivity index (χ2n) is 4.52. The zero-order valence-electron chi connectivity index (χ0n) is 10.8. The van der Waals surface area contributed by atoms with Gasteiger partial charge in [-0.2, -0.15) is 0 Å². The van der Waals surface area contributed by atoms with Crippen LogP contribution in [0.15, 0.2) is 30.3 Å². The predicted molar refractivity (Wildman–Crippen MR) is 85.6 cm³/mol. The van der Waals surface area contributed by atoms with Crippen LogP contribution in [0.5, 0.6) is 0 Å². The maximum absolute atomic E-state index is 11.8. The highest BCUT2D eigenvalue weighted by atomic mass is 32.2. The topological polar surface area (TPSA) is 32.3 Å². The fourth-order valence-corrected chi connectivity index (χ4v) is 3.06. The third kappa shape index (κ3) is 4.84. The highest BCUT2D eigenvalue weighted by Crippen LogP contribution is 2.16. The Hall–Kier alpha value is -1.07. The lowest BCUT2D eigenvalue weighted by Crippen LogP contribution is -2.33. The molecule has 3 nitrogen and oxygen atoms in total. The maximum atomic E-state index is 11.8. The van der Waals surface area contributed by atoms with Crippen LogP contribution in [0.4, 0.5) is 5.69 Å². The standard InChI is InChI=1S/C14H18N2OS2/c17-13(15-12-7-3-1-4-8-12)11-19-14(18)16-9-5-2-6-10-16/h1,3-4,7-8H,2,5-6,9-11H2,(H,15,17). The molecule has 19 heavy (non-hydrogen) atoms. The van der Waals surface area contributed by atoms with Crippen molar-refractivity contribution >= 4 is 39.9 Å². The van der Waals surface area contributed by atoms with Crippen LogP contribution in [-0.4, -0.2) is 34.0 Å². The molecule has 0 aromatic heterocycles. The first-order valence-electron chi connectivity index (χ1n) is 6.52. The molecule has 1 aliphatic heterocycles. The number of anilines is 1. The highest BCUT2D eigenvalue weighted by Gasteiger charge is 2.14. The molecule has 0 saturated carbocycles. The Balaban J connectivity index is 1.72. The number of hydrogen-bond donors (Lipinski definition) is 1. The molecular weight excluding hydrogens is 276 g/mol. The lowest BCUT2D eigenvalue weighted by atomic mass is 10.1. The Labute approximate surface area is 123 Å². The number of thiocarbonyl (C=S) groups is 1. The number of amides is 1. The summed E-state index contributed by atoms with van der Waals surface area (Å²) in [7, 11) is 0. The van der Waals surface area contributed by atoms with Crippen molar-refractivity contribution in [2.24, 2.45) is 0 Å². The quantitative estimate of drug-likeness (QED) is 0.868. The summed E-state index contributed by atoms with van der Waals surface area (Å²) in [5.41, 5.74) is 0.831. The Kier molecular flexibility index (Phi) is 5.66. The number of nitrogens with one attached hydrogen (secondary N) is 1. The number of rotatable bonds is 3. The largest absolute Gasteiger partial charge is 0.358 e. The minimum Gasteiger partial charge on any atom is -0.358 e. The molecule has 1 fully saturated rings. The smallest absolute Gasteiger partial charge is 0.234 e. The Morgan fingerprint density at radius 3 is 2.58 bits per heavy atom. The number of hydrogen-bond acceptors (Lipinski definition) is 3. The molecule has 0 unspecified atom stereocenters. The van der Waals surface area contributed by atoms with E-state index in [0.717, 1.165) is 23.1 Å². The van der Waals surface area contributed by atoms with E-state index in [-0.39, 0.29) is 5.91 Å². The van der Waals surface area contributed by atoms with E-state index in [1.807, 2.05) is 30.3 Å². The van der Waals surface area contributed by atoms with Gasteiger partial charge in [0.25, 0.3) is 0 Å². The van der Waals surface area contributed by atoms with Gasteiger partial charge in [0.15, 0.2) is 0 Å². The van der Waals surface area contributed by atoms with Gasteiger partial charge in [-0.1, -0.05) is 42.2 Å². The first kappa shape index (κ1) is 14.3. The maximum Gasteiger partial charge on any atom is 0.234 e. The second kappa shape index (κ2) is 7.50. The van der Waals surface area contributed by atoms with Gasteiger partial charge in [0, 0.05) is 18.8 Å². The molecule has 102 valence electrons. The number of para-hydroxylation sites is 1. The second-order valence-corrected chi connectivity index (χ2v) is 6.13. The lowest BCUT2D eigenvalue weighted by Gasteiger charge is -2.28. The summed E-state index contributed by atoms with van der Waals surface area (Å²) in [5.74, 6) is 0.375. The van der Waals surface area contributed by atoms with E-state index in [1.165, 1.54) is 31.0 Å². The summed E-state index contributed by atoms with van der Waals surface area (Å²) in [6.45, 7) is 2.07. The zero-order valence-corrected chi connectivity index (χ0v) is 12.4. The van der Waals surface area contributed by atoms with E-state index < -0.39 is 0 Å². The van der Waals surface area contributed by atoms with Gasteiger partial charge in [0.05, 0.1) is 5.75 Å². The third-order valence-electron chi connectivity index (χ3n) is 3.00. The molecule has 0 bridgehead atoms. The summed E-state index contributed by atoms with van der Waals surface area (Å²) in [6, 6.07) is 9.50.